The van der Waals surface area contributed by atoms with Gasteiger partial charge in [0.15, 0.2) is 0 Å². The third-order valence-electron chi connectivity index (χ3n) is 3.98. The summed E-state index contributed by atoms with van der Waals surface area (Å²) in [5, 5.41) is 18.6. The summed E-state index contributed by atoms with van der Waals surface area (Å²) in [6.07, 6.45) is 2.11. The first-order valence-electron chi connectivity index (χ1n) is 7.96. The number of carboxylic acids is 1. The molecule has 1 heterocycles. The zero-order valence-electron chi connectivity index (χ0n) is 14.4. The van der Waals surface area contributed by atoms with E-state index in [1.807, 2.05) is 6.07 Å². The van der Waals surface area contributed by atoms with E-state index < -0.39 is 23.5 Å². The molecule has 1 aromatic heterocycles. The van der Waals surface area contributed by atoms with Crippen molar-refractivity contribution in [1.29, 1.82) is 5.26 Å². The van der Waals surface area contributed by atoms with Crippen LogP contribution in [0.3, 0.4) is 0 Å². The number of fused-ring (bicyclic) bond motifs is 1. The fourth-order valence-corrected chi connectivity index (χ4v) is 2.53. The van der Waals surface area contributed by atoms with Crippen molar-refractivity contribution in [3.8, 4) is 6.07 Å². The van der Waals surface area contributed by atoms with Crippen LogP contribution in [-0.4, -0.2) is 22.3 Å². The molecule has 5 nitrogen and oxygen atoms in total. The Bertz CT molecular complexity index is 1020. The fraction of sp³-hybridized carbons (Fsp3) is 0.150. The molecule has 1 unspecified atom stereocenters. The summed E-state index contributed by atoms with van der Waals surface area (Å²) in [6.45, 7) is 1.59. The number of H-pyrrole nitrogens is 1. The van der Waals surface area contributed by atoms with Gasteiger partial charge in [0, 0.05) is 29.6 Å². The van der Waals surface area contributed by atoms with Gasteiger partial charge in [-0.05, 0) is 36.2 Å². The molecule has 2 aromatic carbocycles. The van der Waals surface area contributed by atoms with Crippen LogP contribution < -0.4 is 0 Å². The number of halogens is 2. The number of aryl methyl sites for hydroxylation is 1. The molecule has 0 aliphatic carbocycles. The summed E-state index contributed by atoms with van der Waals surface area (Å²) in [4.78, 5) is 24.6. The number of nitrogens with zero attached hydrogens (tertiary/aromatic N) is 1. The van der Waals surface area contributed by atoms with Crippen molar-refractivity contribution in [2.45, 2.75) is 19.3 Å². The molecule has 27 heavy (non-hydrogen) atoms. The van der Waals surface area contributed by atoms with Crippen LogP contribution in [0.25, 0.3) is 10.9 Å². The van der Waals surface area contributed by atoms with Gasteiger partial charge in [-0.3, -0.25) is 4.79 Å². The van der Waals surface area contributed by atoms with E-state index >= 15 is 0 Å². The van der Waals surface area contributed by atoms with E-state index in [1.165, 1.54) is 12.1 Å². The van der Waals surface area contributed by atoms with E-state index in [1.54, 1.807) is 31.3 Å². The molecule has 7 heteroatoms. The molecule has 0 amide bonds. The third kappa shape index (κ3) is 4.76. The lowest BCUT2D eigenvalue weighted by Crippen LogP contribution is -2.11. The summed E-state index contributed by atoms with van der Waals surface area (Å²) in [7, 11) is 0. The molecule has 3 aromatic rings. The maximum atomic E-state index is 12.3. The van der Waals surface area contributed by atoms with Gasteiger partial charge >= 0.3 is 5.97 Å². The molecule has 0 fully saturated rings. The topological polar surface area (TPSA) is 93.9 Å². The molecule has 0 spiro atoms. The number of nitrogens with one attached hydrogen (secondary N) is 1. The number of aldehydes is 1. The van der Waals surface area contributed by atoms with Gasteiger partial charge in [0.1, 0.15) is 17.9 Å². The Balaban J connectivity index is 0.000000244. The molecule has 1 atom stereocenters. The van der Waals surface area contributed by atoms with Gasteiger partial charge in [0.25, 0.3) is 0 Å². The Hall–Kier alpha value is -3.53. The average Bonchev–Trinajstić information content (AvgIpc) is 3.06. The molecule has 0 radical (unpaired) electrons. The second kappa shape index (κ2) is 8.72. The highest BCUT2D eigenvalue weighted by Crippen LogP contribution is 2.28. The highest BCUT2D eigenvalue weighted by molar-refractivity contribution is 5.91. The largest absolute Gasteiger partial charge is 0.481 e. The van der Waals surface area contributed by atoms with E-state index in [2.05, 4.69) is 4.98 Å². The second-order valence-electron chi connectivity index (χ2n) is 5.80. The predicted octanol–water partition coefficient (Wildman–Crippen LogP) is 4.07. The Morgan fingerprint density at radius 1 is 1.30 bits per heavy atom. The van der Waals surface area contributed by atoms with Crippen LogP contribution in [-0.2, 0) is 9.59 Å². The highest BCUT2D eigenvalue weighted by Gasteiger charge is 2.22. The van der Waals surface area contributed by atoms with E-state index in [0.29, 0.717) is 28.5 Å². The van der Waals surface area contributed by atoms with Gasteiger partial charge in [-0.1, -0.05) is 12.1 Å². The third-order valence-corrected chi connectivity index (χ3v) is 3.98. The number of aromatic amines is 1. The number of carbonyl (C=O) groups is 2. The molecular formula is C20H16F2N2O3. The molecule has 0 aliphatic rings. The van der Waals surface area contributed by atoms with Crippen molar-refractivity contribution < 1.29 is 23.5 Å². The standard InChI is InChI=1S/C13H10N2O3.C7H6F2/c14-6-8-1-2-9-11(7-15-12(9)5-8)10(3-4-16)13(17)18;1-5-2-3-6(8)4-7(5)9/h1-2,4-5,7,10,15H,3H2,(H,17,18);2-4H,1H3. The number of carbonyl (C=O) groups excluding carboxylic acids is 1. The lowest BCUT2D eigenvalue weighted by Gasteiger charge is -2.07. The first kappa shape index (κ1) is 19.8. The van der Waals surface area contributed by atoms with Crippen LogP contribution in [0.2, 0.25) is 0 Å². The summed E-state index contributed by atoms with van der Waals surface area (Å²) in [6, 6.07) is 10.5. The second-order valence-corrected chi connectivity index (χ2v) is 5.80. The van der Waals surface area contributed by atoms with Crippen molar-refractivity contribution in [2.75, 3.05) is 0 Å². The van der Waals surface area contributed by atoms with Crippen LogP contribution in [0.4, 0.5) is 8.78 Å². The maximum absolute atomic E-state index is 12.3. The summed E-state index contributed by atoms with van der Waals surface area (Å²) < 4.78 is 24.4. The van der Waals surface area contributed by atoms with Gasteiger partial charge in [0.05, 0.1) is 17.6 Å². The zero-order valence-corrected chi connectivity index (χ0v) is 14.4. The zero-order chi connectivity index (χ0) is 20.0. The first-order valence-corrected chi connectivity index (χ1v) is 7.96. The number of hydrogen-bond acceptors (Lipinski definition) is 3. The van der Waals surface area contributed by atoms with Gasteiger partial charge in [-0.2, -0.15) is 5.26 Å². The van der Waals surface area contributed by atoms with Crippen LogP contribution in [0.15, 0.2) is 42.6 Å². The number of benzene rings is 2. The first-order chi connectivity index (χ1) is 12.9. The summed E-state index contributed by atoms with van der Waals surface area (Å²) in [5.41, 5.74) is 2.23. The number of aromatic nitrogens is 1. The minimum Gasteiger partial charge on any atom is -0.481 e. The summed E-state index contributed by atoms with van der Waals surface area (Å²) >= 11 is 0. The smallest absolute Gasteiger partial charge is 0.311 e. The Labute approximate surface area is 153 Å². The number of nitriles is 1. The lowest BCUT2D eigenvalue weighted by atomic mass is 9.95. The fourth-order valence-electron chi connectivity index (χ4n) is 2.53. The Morgan fingerprint density at radius 2 is 2.04 bits per heavy atom. The number of aliphatic carboxylic acids is 1. The molecule has 0 saturated carbocycles. The van der Waals surface area contributed by atoms with Crippen LogP contribution >= 0.6 is 0 Å². The number of hydrogen-bond donors (Lipinski definition) is 2. The molecular weight excluding hydrogens is 354 g/mol. The van der Waals surface area contributed by atoms with Gasteiger partial charge in [-0.25, -0.2) is 8.78 Å². The minimum atomic E-state index is -1.03. The van der Waals surface area contributed by atoms with Crippen LogP contribution in [0.1, 0.15) is 29.0 Å². The Kier molecular flexibility index (Phi) is 6.39. The molecule has 0 aliphatic heterocycles. The summed E-state index contributed by atoms with van der Waals surface area (Å²) in [5.74, 6) is -2.91. The van der Waals surface area contributed by atoms with Crippen LogP contribution in [0, 0.1) is 29.9 Å². The number of carboxylic acid groups (broad SMARTS) is 1. The molecule has 0 saturated heterocycles. The van der Waals surface area contributed by atoms with Crippen molar-refractivity contribution in [1.82, 2.24) is 4.98 Å². The quantitative estimate of drug-likeness (QED) is 0.677. The van der Waals surface area contributed by atoms with E-state index in [9.17, 15) is 18.4 Å². The average molecular weight is 370 g/mol. The molecule has 0 bridgehead atoms. The van der Waals surface area contributed by atoms with Crippen molar-refractivity contribution in [3.63, 3.8) is 0 Å². The normalized spacial score (nSPS) is 11.2. The molecule has 3 rings (SSSR count). The van der Waals surface area contributed by atoms with Crippen molar-refractivity contribution in [2.24, 2.45) is 0 Å². The minimum absolute atomic E-state index is 0.0672. The van der Waals surface area contributed by atoms with Crippen molar-refractivity contribution in [3.05, 3.63) is 70.9 Å². The monoisotopic (exact) mass is 370 g/mol. The van der Waals surface area contributed by atoms with E-state index in [-0.39, 0.29) is 6.42 Å². The van der Waals surface area contributed by atoms with E-state index in [0.717, 1.165) is 11.5 Å². The predicted molar refractivity (Wildman–Crippen MR) is 95.2 cm³/mol. The lowest BCUT2D eigenvalue weighted by molar-refractivity contribution is -0.139. The highest BCUT2D eigenvalue weighted by atomic mass is 19.1. The van der Waals surface area contributed by atoms with Crippen LogP contribution in [0.5, 0.6) is 0 Å². The SMILES string of the molecule is Cc1ccc(F)cc1F.N#Cc1ccc2c(C(CC=O)C(=O)O)c[nH]c2c1. The number of rotatable bonds is 4. The van der Waals surface area contributed by atoms with Crippen molar-refractivity contribution >= 4 is 23.2 Å². The van der Waals surface area contributed by atoms with Gasteiger partial charge in [0.2, 0.25) is 0 Å². The molecule has 138 valence electrons. The van der Waals surface area contributed by atoms with Gasteiger partial charge in [-0.15, -0.1) is 0 Å². The van der Waals surface area contributed by atoms with Gasteiger partial charge < -0.3 is 14.9 Å². The molecule has 2 N–H and O–H groups in total. The van der Waals surface area contributed by atoms with E-state index in [4.69, 9.17) is 10.4 Å². The maximum Gasteiger partial charge on any atom is 0.311 e. The Morgan fingerprint density at radius 3 is 2.59 bits per heavy atom.